The van der Waals surface area contributed by atoms with Crippen LogP contribution in [0.5, 0.6) is 0 Å². The van der Waals surface area contributed by atoms with Gasteiger partial charge in [0, 0.05) is 12.6 Å². The Balaban J connectivity index is 1.68. The normalized spacial score (nSPS) is 27.9. The number of likely N-dealkylation sites (tertiary alicyclic amines) is 1. The third-order valence-electron chi connectivity index (χ3n) is 3.82. The van der Waals surface area contributed by atoms with Gasteiger partial charge in [0.1, 0.15) is 0 Å². The van der Waals surface area contributed by atoms with Gasteiger partial charge in [-0.2, -0.15) is 0 Å². The van der Waals surface area contributed by atoms with E-state index in [4.69, 9.17) is 0 Å². The highest BCUT2D eigenvalue weighted by Crippen LogP contribution is 2.17. The molecule has 4 heteroatoms. The average Bonchev–Trinajstić information content (AvgIpc) is 2.30. The highest BCUT2D eigenvalue weighted by molar-refractivity contribution is 5.78. The number of piperidine rings is 1. The van der Waals surface area contributed by atoms with Crippen molar-refractivity contribution in [2.45, 2.75) is 57.1 Å². The van der Waals surface area contributed by atoms with Gasteiger partial charge in [0.2, 0.25) is 5.91 Å². The van der Waals surface area contributed by atoms with Crippen LogP contribution in [0.25, 0.3) is 0 Å². The number of carbonyl (C=O) groups excluding carboxylic acids is 1. The maximum atomic E-state index is 11.9. The average molecular weight is 240 g/mol. The molecule has 2 fully saturated rings. The molecule has 0 bridgehead atoms. The van der Waals surface area contributed by atoms with Gasteiger partial charge in [0.25, 0.3) is 0 Å². The van der Waals surface area contributed by atoms with Gasteiger partial charge in [-0.05, 0) is 32.2 Å². The minimum Gasteiger partial charge on any atom is -0.392 e. The van der Waals surface area contributed by atoms with Gasteiger partial charge in [0.05, 0.1) is 12.6 Å². The van der Waals surface area contributed by atoms with Crippen molar-refractivity contribution in [2.24, 2.45) is 0 Å². The maximum Gasteiger partial charge on any atom is 0.234 e. The van der Waals surface area contributed by atoms with Gasteiger partial charge in [-0.15, -0.1) is 0 Å². The van der Waals surface area contributed by atoms with Crippen LogP contribution in [0.15, 0.2) is 0 Å². The summed E-state index contributed by atoms with van der Waals surface area (Å²) >= 11 is 0. The van der Waals surface area contributed by atoms with Crippen LogP contribution >= 0.6 is 0 Å². The number of hydrogen-bond acceptors (Lipinski definition) is 3. The molecule has 1 saturated carbocycles. The van der Waals surface area contributed by atoms with E-state index in [0.29, 0.717) is 19.1 Å². The smallest absolute Gasteiger partial charge is 0.234 e. The molecule has 0 spiro atoms. The van der Waals surface area contributed by atoms with E-state index in [-0.39, 0.29) is 12.0 Å². The quantitative estimate of drug-likeness (QED) is 0.770. The summed E-state index contributed by atoms with van der Waals surface area (Å²) < 4.78 is 0. The lowest BCUT2D eigenvalue weighted by molar-refractivity contribution is -0.123. The van der Waals surface area contributed by atoms with Gasteiger partial charge < -0.3 is 10.4 Å². The van der Waals surface area contributed by atoms with E-state index in [0.717, 1.165) is 32.2 Å². The second-order valence-electron chi connectivity index (χ2n) is 5.43. The largest absolute Gasteiger partial charge is 0.392 e. The predicted octanol–water partition coefficient (Wildman–Crippen LogP) is 0.892. The van der Waals surface area contributed by atoms with Crippen molar-refractivity contribution < 1.29 is 9.90 Å². The van der Waals surface area contributed by atoms with Crippen molar-refractivity contribution >= 4 is 5.91 Å². The molecule has 1 amide bonds. The molecule has 1 aliphatic carbocycles. The fraction of sp³-hybridized carbons (Fsp3) is 0.923. The van der Waals surface area contributed by atoms with Crippen molar-refractivity contribution in [1.29, 1.82) is 0 Å². The second kappa shape index (κ2) is 6.36. The lowest BCUT2D eigenvalue weighted by Gasteiger charge is -2.30. The summed E-state index contributed by atoms with van der Waals surface area (Å²) in [5.41, 5.74) is 0. The Morgan fingerprint density at radius 1 is 1.18 bits per heavy atom. The molecule has 1 aliphatic heterocycles. The van der Waals surface area contributed by atoms with Crippen molar-refractivity contribution in [3.63, 3.8) is 0 Å². The summed E-state index contributed by atoms with van der Waals surface area (Å²) in [7, 11) is 0. The van der Waals surface area contributed by atoms with E-state index in [1.54, 1.807) is 0 Å². The van der Waals surface area contributed by atoms with Gasteiger partial charge in [-0.1, -0.05) is 19.3 Å². The van der Waals surface area contributed by atoms with Gasteiger partial charge in [-0.3, -0.25) is 9.69 Å². The number of nitrogens with one attached hydrogen (secondary N) is 1. The third kappa shape index (κ3) is 4.28. The number of amides is 1. The molecule has 98 valence electrons. The topological polar surface area (TPSA) is 52.6 Å². The van der Waals surface area contributed by atoms with Crippen LogP contribution in [0.3, 0.4) is 0 Å². The van der Waals surface area contributed by atoms with E-state index >= 15 is 0 Å². The lowest BCUT2D eigenvalue weighted by Crippen LogP contribution is -2.46. The van der Waals surface area contributed by atoms with E-state index in [1.165, 1.54) is 19.3 Å². The molecule has 2 aliphatic rings. The predicted molar refractivity (Wildman–Crippen MR) is 66.7 cm³/mol. The monoisotopic (exact) mass is 240 g/mol. The Morgan fingerprint density at radius 2 is 1.94 bits per heavy atom. The van der Waals surface area contributed by atoms with Crippen LogP contribution in [0.1, 0.15) is 44.9 Å². The first-order chi connectivity index (χ1) is 8.24. The van der Waals surface area contributed by atoms with Crippen molar-refractivity contribution in [2.75, 3.05) is 19.6 Å². The molecule has 1 atom stereocenters. The minimum atomic E-state index is -0.244. The van der Waals surface area contributed by atoms with Crippen LogP contribution in [-0.2, 0) is 4.79 Å². The standard InChI is InChI=1S/C13H24N2O2/c16-12-7-4-8-15(9-12)10-13(17)14-11-5-2-1-3-6-11/h11-12,16H,1-10H2,(H,14,17). The molecule has 1 heterocycles. The number of nitrogens with zero attached hydrogens (tertiary/aromatic N) is 1. The van der Waals surface area contributed by atoms with E-state index in [9.17, 15) is 9.90 Å². The zero-order chi connectivity index (χ0) is 12.1. The van der Waals surface area contributed by atoms with Crippen LogP contribution in [0.4, 0.5) is 0 Å². The summed E-state index contributed by atoms with van der Waals surface area (Å²) in [5.74, 6) is 0.131. The van der Waals surface area contributed by atoms with Crippen molar-refractivity contribution in [3.8, 4) is 0 Å². The Bertz CT molecular complexity index is 252. The lowest BCUT2D eigenvalue weighted by atomic mass is 9.95. The molecule has 0 aromatic rings. The molecule has 17 heavy (non-hydrogen) atoms. The summed E-state index contributed by atoms with van der Waals surface area (Å²) in [6.45, 7) is 2.04. The third-order valence-corrected chi connectivity index (χ3v) is 3.82. The van der Waals surface area contributed by atoms with E-state index < -0.39 is 0 Å². The first kappa shape index (κ1) is 12.8. The van der Waals surface area contributed by atoms with Crippen LogP contribution < -0.4 is 5.32 Å². The number of aliphatic hydroxyl groups excluding tert-OH is 1. The zero-order valence-electron chi connectivity index (χ0n) is 10.5. The number of hydrogen-bond donors (Lipinski definition) is 2. The molecule has 0 aromatic carbocycles. The van der Waals surface area contributed by atoms with Crippen molar-refractivity contribution in [1.82, 2.24) is 10.2 Å². The SMILES string of the molecule is O=C(CN1CCCC(O)C1)NC1CCCCC1. The number of carbonyl (C=O) groups is 1. The molecule has 0 radical (unpaired) electrons. The molecule has 2 rings (SSSR count). The summed E-state index contributed by atoms with van der Waals surface area (Å²) in [4.78, 5) is 13.9. The second-order valence-corrected chi connectivity index (χ2v) is 5.43. The van der Waals surface area contributed by atoms with Gasteiger partial charge in [-0.25, -0.2) is 0 Å². The first-order valence-corrected chi connectivity index (χ1v) is 6.94. The number of β-amino-alcohol motifs (C(OH)–C–C–N with tert-alkyl or cyclic N) is 1. The fourth-order valence-corrected chi connectivity index (χ4v) is 2.90. The summed E-state index contributed by atoms with van der Waals surface area (Å²) in [5, 5.41) is 12.7. The number of rotatable bonds is 3. The zero-order valence-corrected chi connectivity index (χ0v) is 10.5. The van der Waals surface area contributed by atoms with E-state index in [2.05, 4.69) is 10.2 Å². The molecular formula is C13H24N2O2. The first-order valence-electron chi connectivity index (χ1n) is 6.94. The van der Waals surface area contributed by atoms with Crippen molar-refractivity contribution in [3.05, 3.63) is 0 Å². The molecule has 2 N–H and O–H groups in total. The maximum absolute atomic E-state index is 11.9. The van der Waals surface area contributed by atoms with Crippen LogP contribution in [0.2, 0.25) is 0 Å². The Labute approximate surface area is 103 Å². The molecule has 1 unspecified atom stereocenters. The molecular weight excluding hydrogens is 216 g/mol. The minimum absolute atomic E-state index is 0.131. The molecule has 1 saturated heterocycles. The van der Waals surface area contributed by atoms with Gasteiger partial charge >= 0.3 is 0 Å². The Morgan fingerprint density at radius 3 is 2.65 bits per heavy atom. The number of aliphatic hydroxyl groups is 1. The molecule has 4 nitrogen and oxygen atoms in total. The Kier molecular flexibility index (Phi) is 4.80. The highest BCUT2D eigenvalue weighted by atomic mass is 16.3. The molecule has 0 aromatic heterocycles. The Hall–Kier alpha value is -0.610. The van der Waals surface area contributed by atoms with Gasteiger partial charge in [0.15, 0.2) is 0 Å². The van der Waals surface area contributed by atoms with E-state index in [1.807, 2.05) is 0 Å². The summed E-state index contributed by atoms with van der Waals surface area (Å²) in [6.07, 6.45) is 7.69. The highest BCUT2D eigenvalue weighted by Gasteiger charge is 2.21. The van der Waals surface area contributed by atoms with Crippen LogP contribution in [0, 0.1) is 0 Å². The fourth-order valence-electron chi connectivity index (χ4n) is 2.90. The van der Waals surface area contributed by atoms with Crippen LogP contribution in [-0.4, -0.2) is 47.7 Å². The summed E-state index contributed by atoms with van der Waals surface area (Å²) in [6, 6.07) is 0.394.